The maximum Gasteiger partial charge on any atom is 0.323 e. The van der Waals surface area contributed by atoms with Gasteiger partial charge in [0.15, 0.2) is 0 Å². The van der Waals surface area contributed by atoms with Gasteiger partial charge in [0.25, 0.3) is 0 Å². The van der Waals surface area contributed by atoms with Crippen molar-refractivity contribution in [2.45, 2.75) is 38.3 Å². The van der Waals surface area contributed by atoms with Crippen LogP contribution >= 0.6 is 11.8 Å². The molecule has 2 rings (SSSR count). The minimum Gasteiger partial charge on any atom is -0.480 e. The lowest BCUT2D eigenvalue weighted by Gasteiger charge is -2.31. The van der Waals surface area contributed by atoms with Crippen molar-refractivity contribution in [3.63, 3.8) is 0 Å². The van der Waals surface area contributed by atoms with Crippen molar-refractivity contribution < 1.29 is 24.2 Å². The number of benzene rings is 1. The Balaban J connectivity index is 2.08. The van der Waals surface area contributed by atoms with Crippen LogP contribution in [0, 0.1) is 0 Å². The first-order valence-corrected chi connectivity index (χ1v) is 10.7. The third kappa shape index (κ3) is 7.16. The van der Waals surface area contributed by atoms with Crippen molar-refractivity contribution in [1.29, 1.82) is 0 Å². The fraction of sp³-hybridized carbons (Fsp3) is 0.550. The van der Waals surface area contributed by atoms with Crippen molar-refractivity contribution in [3.05, 3.63) is 35.9 Å². The molecular formula is C20H28N2O5S. The van der Waals surface area contributed by atoms with E-state index in [0.29, 0.717) is 31.6 Å². The van der Waals surface area contributed by atoms with Gasteiger partial charge in [-0.1, -0.05) is 30.3 Å². The van der Waals surface area contributed by atoms with Gasteiger partial charge in [-0.15, -0.1) is 0 Å². The van der Waals surface area contributed by atoms with Crippen LogP contribution in [-0.4, -0.2) is 71.1 Å². The lowest BCUT2D eigenvalue weighted by Crippen LogP contribution is -2.54. The molecule has 2 unspecified atom stereocenters. The highest BCUT2D eigenvalue weighted by molar-refractivity contribution is 7.99. The molecule has 1 fully saturated rings. The molecule has 1 aliphatic heterocycles. The van der Waals surface area contributed by atoms with E-state index in [-0.39, 0.29) is 25.0 Å². The molecule has 0 bridgehead atoms. The second kappa shape index (κ2) is 11.7. The lowest BCUT2D eigenvalue weighted by molar-refractivity contribution is -0.148. The van der Waals surface area contributed by atoms with Crippen LogP contribution in [0.25, 0.3) is 0 Å². The first kappa shape index (κ1) is 22.2. The van der Waals surface area contributed by atoms with Crippen LogP contribution in [0.4, 0.5) is 0 Å². The Morgan fingerprint density at radius 1 is 1.32 bits per heavy atom. The minimum atomic E-state index is -1.04. The standard InChI is InChI=1S/C20H28N2O5S/c1-2-27-20(26)17(9-8-15-6-4-3-5-7-15)21-16-10-12-28-13-11-22(19(16)25)14-18(23)24/h3-7,16-17,21H,2,8-14H2,1H3,(H,23,24). The van der Waals surface area contributed by atoms with Crippen LogP contribution in [-0.2, 0) is 25.5 Å². The molecule has 0 spiro atoms. The first-order chi connectivity index (χ1) is 13.5. The molecule has 154 valence electrons. The maximum absolute atomic E-state index is 12.9. The van der Waals surface area contributed by atoms with Crippen LogP contribution in [0.15, 0.2) is 30.3 Å². The highest BCUT2D eigenvalue weighted by Gasteiger charge is 2.31. The monoisotopic (exact) mass is 408 g/mol. The Morgan fingerprint density at radius 2 is 2.07 bits per heavy atom. The highest BCUT2D eigenvalue weighted by Crippen LogP contribution is 2.15. The van der Waals surface area contributed by atoms with Crippen molar-refractivity contribution >= 4 is 29.6 Å². The van der Waals surface area contributed by atoms with E-state index in [1.165, 1.54) is 4.90 Å². The van der Waals surface area contributed by atoms with Gasteiger partial charge in [-0.05, 0) is 37.5 Å². The third-order valence-corrected chi connectivity index (χ3v) is 5.53. The Kier molecular flexibility index (Phi) is 9.30. The van der Waals surface area contributed by atoms with Gasteiger partial charge < -0.3 is 14.7 Å². The number of nitrogens with zero attached hydrogens (tertiary/aromatic N) is 1. The zero-order valence-corrected chi connectivity index (χ0v) is 17.0. The van der Waals surface area contributed by atoms with E-state index in [0.717, 1.165) is 11.3 Å². The normalized spacial score (nSPS) is 18.8. The third-order valence-electron chi connectivity index (χ3n) is 4.53. The first-order valence-electron chi connectivity index (χ1n) is 9.56. The summed E-state index contributed by atoms with van der Waals surface area (Å²) in [6, 6.07) is 8.60. The Morgan fingerprint density at radius 3 is 2.75 bits per heavy atom. The fourth-order valence-corrected chi connectivity index (χ4v) is 4.07. The number of carbonyl (C=O) groups is 3. The van der Waals surface area contributed by atoms with Crippen LogP contribution in [0.5, 0.6) is 0 Å². The quantitative estimate of drug-likeness (QED) is 0.599. The molecule has 1 saturated heterocycles. The molecule has 1 aromatic carbocycles. The van der Waals surface area contributed by atoms with E-state index < -0.39 is 18.1 Å². The maximum atomic E-state index is 12.9. The Hall–Kier alpha value is -2.06. The number of carbonyl (C=O) groups excluding carboxylic acids is 2. The van der Waals surface area contributed by atoms with Crippen molar-refractivity contribution in [2.24, 2.45) is 0 Å². The summed E-state index contributed by atoms with van der Waals surface area (Å²) in [6.07, 6.45) is 1.71. The Labute approximate surface area is 169 Å². The summed E-state index contributed by atoms with van der Waals surface area (Å²) in [7, 11) is 0. The Bertz CT molecular complexity index is 655. The number of carboxylic acid groups (broad SMARTS) is 1. The minimum absolute atomic E-state index is 0.266. The highest BCUT2D eigenvalue weighted by atomic mass is 32.2. The van der Waals surface area contributed by atoms with Crippen LogP contribution < -0.4 is 5.32 Å². The number of rotatable bonds is 9. The van der Waals surface area contributed by atoms with E-state index in [9.17, 15) is 14.4 Å². The van der Waals surface area contributed by atoms with Crippen molar-refractivity contribution in [3.8, 4) is 0 Å². The molecule has 2 atom stereocenters. The molecule has 1 amide bonds. The molecule has 28 heavy (non-hydrogen) atoms. The number of hydrogen-bond donors (Lipinski definition) is 2. The van der Waals surface area contributed by atoms with Gasteiger partial charge in [-0.2, -0.15) is 11.8 Å². The number of amides is 1. The van der Waals surface area contributed by atoms with Gasteiger partial charge >= 0.3 is 11.9 Å². The van der Waals surface area contributed by atoms with Gasteiger partial charge in [0.1, 0.15) is 12.6 Å². The summed E-state index contributed by atoms with van der Waals surface area (Å²) >= 11 is 1.68. The van der Waals surface area contributed by atoms with Gasteiger partial charge in [0.05, 0.1) is 12.6 Å². The van der Waals surface area contributed by atoms with Gasteiger partial charge in [-0.3, -0.25) is 19.7 Å². The molecule has 2 N–H and O–H groups in total. The molecule has 0 saturated carbocycles. The molecule has 0 radical (unpaired) electrons. The van der Waals surface area contributed by atoms with Gasteiger partial charge in [-0.25, -0.2) is 0 Å². The zero-order valence-electron chi connectivity index (χ0n) is 16.1. The van der Waals surface area contributed by atoms with E-state index in [2.05, 4.69) is 5.32 Å². The predicted octanol–water partition coefficient (Wildman–Crippen LogP) is 1.56. The average Bonchev–Trinajstić information content (AvgIpc) is 2.67. The summed E-state index contributed by atoms with van der Waals surface area (Å²) in [6.45, 7) is 2.08. The summed E-state index contributed by atoms with van der Waals surface area (Å²) in [5.41, 5.74) is 1.10. The molecule has 1 aromatic rings. The van der Waals surface area contributed by atoms with Crippen molar-refractivity contribution in [2.75, 3.05) is 31.2 Å². The smallest absolute Gasteiger partial charge is 0.323 e. The molecule has 1 aliphatic rings. The molecular weight excluding hydrogens is 380 g/mol. The summed E-state index contributed by atoms with van der Waals surface area (Å²) < 4.78 is 5.19. The second-order valence-electron chi connectivity index (χ2n) is 6.60. The van der Waals surface area contributed by atoms with Gasteiger partial charge in [0.2, 0.25) is 5.91 Å². The fourth-order valence-electron chi connectivity index (χ4n) is 3.12. The average molecular weight is 409 g/mol. The number of esters is 1. The van der Waals surface area contributed by atoms with Crippen LogP contribution in [0.3, 0.4) is 0 Å². The number of aliphatic carboxylic acids is 1. The number of hydrogen-bond acceptors (Lipinski definition) is 6. The number of aryl methyl sites for hydroxylation is 1. The molecule has 1 heterocycles. The van der Waals surface area contributed by atoms with E-state index in [1.807, 2.05) is 30.3 Å². The molecule has 8 heteroatoms. The molecule has 0 aliphatic carbocycles. The molecule has 7 nitrogen and oxygen atoms in total. The van der Waals surface area contributed by atoms with E-state index in [1.54, 1.807) is 18.7 Å². The predicted molar refractivity (Wildman–Crippen MR) is 108 cm³/mol. The van der Waals surface area contributed by atoms with Crippen molar-refractivity contribution in [1.82, 2.24) is 10.2 Å². The number of carboxylic acids is 1. The topological polar surface area (TPSA) is 95.9 Å². The van der Waals surface area contributed by atoms with E-state index >= 15 is 0 Å². The van der Waals surface area contributed by atoms with Crippen LogP contribution in [0.2, 0.25) is 0 Å². The SMILES string of the molecule is CCOC(=O)C(CCc1ccccc1)NC1CCSCCN(CC(=O)O)C1=O. The number of nitrogens with one attached hydrogen (secondary N) is 1. The summed E-state index contributed by atoms with van der Waals surface area (Å²) in [4.78, 5) is 37.8. The summed E-state index contributed by atoms with van der Waals surface area (Å²) in [5.74, 6) is -0.203. The van der Waals surface area contributed by atoms with E-state index in [4.69, 9.17) is 9.84 Å². The largest absolute Gasteiger partial charge is 0.480 e. The van der Waals surface area contributed by atoms with Crippen LogP contribution in [0.1, 0.15) is 25.3 Å². The van der Waals surface area contributed by atoms with Gasteiger partial charge in [0, 0.05) is 12.3 Å². The lowest BCUT2D eigenvalue weighted by atomic mass is 10.0. The number of ether oxygens (including phenoxy) is 1. The second-order valence-corrected chi connectivity index (χ2v) is 7.83. The zero-order chi connectivity index (χ0) is 20.4. The summed E-state index contributed by atoms with van der Waals surface area (Å²) in [5, 5.41) is 12.2. The molecule has 0 aromatic heterocycles. The number of thioether (sulfide) groups is 1.